The molecule has 5 heteroatoms. The van der Waals surface area contributed by atoms with Crippen molar-refractivity contribution < 1.29 is 9.47 Å². The average Bonchev–Trinajstić information content (AvgIpc) is 2.47. The topological polar surface area (TPSA) is 30.5 Å². The summed E-state index contributed by atoms with van der Waals surface area (Å²) in [6, 6.07) is 8.25. The van der Waals surface area contributed by atoms with Crippen molar-refractivity contribution in [1.82, 2.24) is 5.32 Å². The Labute approximate surface area is 137 Å². The maximum absolute atomic E-state index is 5.84. The van der Waals surface area contributed by atoms with Crippen molar-refractivity contribution in [2.24, 2.45) is 0 Å². The van der Waals surface area contributed by atoms with Crippen LogP contribution < -0.4 is 10.1 Å². The minimum absolute atomic E-state index is 0.0245. The Morgan fingerprint density at radius 2 is 1.90 bits per heavy atom. The van der Waals surface area contributed by atoms with E-state index in [9.17, 15) is 0 Å². The third-order valence-corrected chi connectivity index (χ3v) is 4.42. The fourth-order valence-corrected chi connectivity index (χ4v) is 2.72. The van der Waals surface area contributed by atoms with E-state index in [-0.39, 0.29) is 6.10 Å². The van der Waals surface area contributed by atoms with Crippen LogP contribution in [0.2, 0.25) is 0 Å². The Hall–Kier alpha value is -0.940. The Morgan fingerprint density at radius 1 is 1.24 bits per heavy atom. The molecule has 0 aliphatic carbocycles. The predicted octanol–water partition coefficient (Wildman–Crippen LogP) is 4.26. The molecule has 1 aromatic carbocycles. The van der Waals surface area contributed by atoms with Crippen LogP contribution >= 0.6 is 24.0 Å². The summed E-state index contributed by atoms with van der Waals surface area (Å²) in [5, 5.41) is 4.09. The first-order valence-electron chi connectivity index (χ1n) is 7.39. The van der Waals surface area contributed by atoms with Gasteiger partial charge >= 0.3 is 0 Å². The van der Waals surface area contributed by atoms with Gasteiger partial charge in [-0.05, 0) is 56.8 Å². The largest absolute Gasteiger partial charge is 0.489 e. The van der Waals surface area contributed by atoms with Crippen LogP contribution in [0.3, 0.4) is 0 Å². The second kappa shape index (κ2) is 9.90. The molecule has 1 N–H and O–H groups in total. The molecule has 0 saturated carbocycles. The highest BCUT2D eigenvalue weighted by Crippen LogP contribution is 2.26. The SMILES string of the molecule is CCOC(=S)NCC(C)Oc1ccc(SC(C)CC)cc1. The summed E-state index contributed by atoms with van der Waals surface area (Å²) in [6.07, 6.45) is 1.20. The van der Waals surface area contributed by atoms with Crippen molar-refractivity contribution in [1.29, 1.82) is 0 Å². The Morgan fingerprint density at radius 3 is 2.48 bits per heavy atom. The van der Waals surface area contributed by atoms with Crippen LogP contribution in [0.15, 0.2) is 29.2 Å². The van der Waals surface area contributed by atoms with Gasteiger partial charge in [0.15, 0.2) is 0 Å². The van der Waals surface area contributed by atoms with Gasteiger partial charge in [0.1, 0.15) is 11.9 Å². The summed E-state index contributed by atoms with van der Waals surface area (Å²) in [4.78, 5) is 1.28. The molecule has 3 nitrogen and oxygen atoms in total. The van der Waals surface area contributed by atoms with Gasteiger partial charge in [0.05, 0.1) is 13.2 Å². The van der Waals surface area contributed by atoms with Crippen molar-refractivity contribution >= 4 is 29.2 Å². The van der Waals surface area contributed by atoms with Gasteiger partial charge in [0.2, 0.25) is 0 Å². The van der Waals surface area contributed by atoms with E-state index in [1.807, 2.05) is 37.7 Å². The number of hydrogen-bond donors (Lipinski definition) is 1. The van der Waals surface area contributed by atoms with Crippen LogP contribution in [-0.2, 0) is 4.74 Å². The smallest absolute Gasteiger partial charge is 0.256 e. The summed E-state index contributed by atoms with van der Waals surface area (Å²) in [6.45, 7) is 9.56. The van der Waals surface area contributed by atoms with Crippen LogP contribution in [-0.4, -0.2) is 29.7 Å². The van der Waals surface area contributed by atoms with E-state index in [1.165, 1.54) is 11.3 Å². The number of benzene rings is 1. The highest BCUT2D eigenvalue weighted by atomic mass is 32.2. The predicted molar refractivity (Wildman–Crippen MR) is 94.4 cm³/mol. The van der Waals surface area contributed by atoms with Crippen LogP contribution in [0.5, 0.6) is 5.75 Å². The first-order chi connectivity index (χ1) is 10.0. The van der Waals surface area contributed by atoms with Gasteiger partial charge in [-0.2, -0.15) is 0 Å². The van der Waals surface area contributed by atoms with E-state index in [2.05, 4.69) is 31.3 Å². The van der Waals surface area contributed by atoms with Gasteiger partial charge < -0.3 is 14.8 Å². The lowest BCUT2D eigenvalue weighted by Gasteiger charge is -2.17. The van der Waals surface area contributed by atoms with E-state index in [4.69, 9.17) is 21.7 Å². The number of hydrogen-bond acceptors (Lipinski definition) is 4. The van der Waals surface area contributed by atoms with E-state index in [0.717, 1.165) is 5.75 Å². The Kier molecular flexibility index (Phi) is 8.54. The molecule has 118 valence electrons. The van der Waals surface area contributed by atoms with Crippen molar-refractivity contribution in [3.63, 3.8) is 0 Å². The molecule has 21 heavy (non-hydrogen) atoms. The van der Waals surface area contributed by atoms with Gasteiger partial charge in [-0.1, -0.05) is 13.8 Å². The van der Waals surface area contributed by atoms with Crippen molar-refractivity contribution in [2.75, 3.05) is 13.2 Å². The fraction of sp³-hybridized carbons (Fsp3) is 0.562. The molecular formula is C16H25NO2S2. The second-order valence-corrected chi connectivity index (χ2v) is 6.72. The number of thiocarbonyl (C=S) groups is 1. The summed E-state index contributed by atoms with van der Waals surface area (Å²) < 4.78 is 11.0. The monoisotopic (exact) mass is 327 g/mol. The zero-order chi connectivity index (χ0) is 15.7. The molecule has 0 aliphatic heterocycles. The van der Waals surface area contributed by atoms with Crippen LogP contribution in [0.25, 0.3) is 0 Å². The molecular weight excluding hydrogens is 302 g/mol. The normalized spacial score (nSPS) is 13.3. The summed E-state index contributed by atoms with van der Waals surface area (Å²) in [5.74, 6) is 0.875. The first-order valence-corrected chi connectivity index (χ1v) is 8.67. The standard InChI is InChI=1S/C16H25NO2S2/c1-5-13(4)21-15-9-7-14(8-10-15)19-12(3)11-17-16(20)18-6-2/h7-10,12-13H,5-6,11H2,1-4H3,(H,17,20). The second-order valence-electron chi connectivity index (χ2n) is 4.84. The van der Waals surface area contributed by atoms with E-state index < -0.39 is 0 Å². The fourth-order valence-electron chi connectivity index (χ4n) is 1.60. The highest BCUT2D eigenvalue weighted by Gasteiger charge is 2.06. The molecule has 1 rings (SSSR count). The lowest BCUT2D eigenvalue weighted by molar-refractivity contribution is 0.218. The third-order valence-electron chi connectivity index (χ3n) is 2.88. The molecule has 0 spiro atoms. The number of nitrogens with one attached hydrogen (secondary N) is 1. The molecule has 0 fully saturated rings. The lowest BCUT2D eigenvalue weighted by Crippen LogP contribution is -2.33. The van der Waals surface area contributed by atoms with Crippen molar-refractivity contribution in [3.05, 3.63) is 24.3 Å². The van der Waals surface area contributed by atoms with Gasteiger partial charge in [0.25, 0.3) is 5.17 Å². The molecule has 0 radical (unpaired) electrons. The van der Waals surface area contributed by atoms with E-state index >= 15 is 0 Å². The van der Waals surface area contributed by atoms with Gasteiger partial charge in [-0.3, -0.25) is 0 Å². The first kappa shape index (κ1) is 18.1. The maximum atomic E-state index is 5.84. The zero-order valence-corrected chi connectivity index (χ0v) is 14.9. The summed E-state index contributed by atoms with van der Waals surface area (Å²) >= 11 is 6.90. The Balaban J connectivity index is 2.39. The maximum Gasteiger partial charge on any atom is 0.256 e. The van der Waals surface area contributed by atoms with Crippen LogP contribution in [0, 0.1) is 0 Å². The lowest BCUT2D eigenvalue weighted by atomic mass is 10.3. The molecule has 0 aromatic heterocycles. The number of rotatable bonds is 8. The molecule has 0 aliphatic rings. The molecule has 1 aromatic rings. The quantitative estimate of drug-likeness (QED) is 0.569. The van der Waals surface area contributed by atoms with Gasteiger partial charge in [-0.15, -0.1) is 11.8 Å². The summed E-state index contributed by atoms with van der Waals surface area (Å²) in [5.41, 5.74) is 0. The molecule has 0 saturated heterocycles. The Bertz CT molecular complexity index is 423. The summed E-state index contributed by atoms with van der Waals surface area (Å²) in [7, 11) is 0. The highest BCUT2D eigenvalue weighted by molar-refractivity contribution is 7.99. The number of thioether (sulfide) groups is 1. The molecule has 0 bridgehead atoms. The minimum atomic E-state index is 0.0245. The van der Waals surface area contributed by atoms with E-state index in [1.54, 1.807) is 0 Å². The molecule has 2 unspecified atom stereocenters. The van der Waals surface area contributed by atoms with Gasteiger partial charge in [-0.25, -0.2) is 0 Å². The van der Waals surface area contributed by atoms with Crippen molar-refractivity contribution in [2.45, 2.75) is 50.4 Å². The van der Waals surface area contributed by atoms with Crippen LogP contribution in [0.1, 0.15) is 34.1 Å². The molecule has 0 heterocycles. The third kappa shape index (κ3) is 7.58. The minimum Gasteiger partial charge on any atom is -0.489 e. The zero-order valence-electron chi connectivity index (χ0n) is 13.2. The van der Waals surface area contributed by atoms with Gasteiger partial charge in [0, 0.05) is 10.1 Å². The number of ether oxygens (including phenoxy) is 2. The average molecular weight is 328 g/mol. The van der Waals surface area contributed by atoms with E-state index in [0.29, 0.717) is 23.6 Å². The van der Waals surface area contributed by atoms with Crippen LogP contribution in [0.4, 0.5) is 0 Å². The molecule has 2 atom stereocenters. The molecule has 0 amide bonds. The van der Waals surface area contributed by atoms with Crippen molar-refractivity contribution in [3.8, 4) is 5.75 Å².